The fraction of sp³-hybridized carbons (Fsp3) is 0.0952. The van der Waals surface area contributed by atoms with Crippen molar-refractivity contribution in [3.8, 4) is 5.69 Å². The van der Waals surface area contributed by atoms with Gasteiger partial charge in [0, 0.05) is 17.1 Å². The summed E-state index contributed by atoms with van der Waals surface area (Å²) in [5, 5.41) is 5.00. The van der Waals surface area contributed by atoms with Crippen molar-refractivity contribution in [2.24, 2.45) is 0 Å². The van der Waals surface area contributed by atoms with Crippen LogP contribution in [0.1, 0.15) is 33.3 Å². The molecule has 146 valence electrons. The van der Waals surface area contributed by atoms with E-state index in [1.807, 2.05) is 31.2 Å². The van der Waals surface area contributed by atoms with E-state index < -0.39 is 11.8 Å². The van der Waals surface area contributed by atoms with Crippen molar-refractivity contribution in [2.75, 3.05) is 0 Å². The summed E-state index contributed by atoms with van der Waals surface area (Å²) >= 11 is 0. The van der Waals surface area contributed by atoms with Gasteiger partial charge in [0.2, 0.25) is 0 Å². The van der Waals surface area contributed by atoms with Crippen molar-refractivity contribution in [2.45, 2.75) is 13.3 Å². The number of hydrogen-bond acceptors (Lipinski definition) is 3. The fourth-order valence-electron chi connectivity index (χ4n) is 3.22. The first-order chi connectivity index (χ1) is 14.1. The molecule has 2 aromatic heterocycles. The number of benzene rings is 2. The van der Waals surface area contributed by atoms with Crippen LogP contribution in [-0.4, -0.2) is 26.6 Å². The second-order valence-corrected chi connectivity index (χ2v) is 6.40. The van der Waals surface area contributed by atoms with E-state index >= 15 is 0 Å². The zero-order valence-corrected chi connectivity index (χ0v) is 15.6. The van der Waals surface area contributed by atoms with Crippen molar-refractivity contribution >= 4 is 22.7 Å². The van der Waals surface area contributed by atoms with Gasteiger partial charge in [-0.15, -0.1) is 0 Å². The predicted octanol–water partition coefficient (Wildman–Crippen LogP) is 3.13. The zero-order valence-electron chi connectivity index (χ0n) is 15.6. The maximum absolute atomic E-state index is 13.2. The lowest BCUT2D eigenvalue weighted by Crippen LogP contribution is -2.41. The van der Waals surface area contributed by atoms with Gasteiger partial charge in [-0.3, -0.25) is 20.4 Å². The lowest BCUT2D eigenvalue weighted by molar-refractivity contribution is 0.0847. The molecule has 8 heteroatoms. The molecule has 0 saturated carbocycles. The number of carbonyl (C=O) groups is 2. The van der Waals surface area contributed by atoms with E-state index in [4.69, 9.17) is 0 Å². The summed E-state index contributed by atoms with van der Waals surface area (Å²) in [6.45, 7) is 1.89. The number of para-hydroxylation sites is 1. The first-order valence-electron chi connectivity index (χ1n) is 9.08. The van der Waals surface area contributed by atoms with E-state index in [1.165, 1.54) is 18.3 Å². The molecule has 0 unspecified atom stereocenters. The van der Waals surface area contributed by atoms with Crippen molar-refractivity contribution in [3.63, 3.8) is 0 Å². The van der Waals surface area contributed by atoms with E-state index in [0.29, 0.717) is 28.9 Å². The zero-order chi connectivity index (χ0) is 20.4. The third kappa shape index (κ3) is 3.47. The Morgan fingerprint density at radius 1 is 1.03 bits per heavy atom. The molecule has 29 heavy (non-hydrogen) atoms. The summed E-state index contributed by atoms with van der Waals surface area (Å²) in [6, 6.07) is 13.2. The molecule has 0 aliphatic carbocycles. The standard InChI is InChI=1S/C21H18FN5O2/c1-2-19-17(12-24-27(19)14-9-7-13(22)8-10-14)21(29)26-25-20(28)16-11-23-18-6-4-3-5-15(16)18/h3-12,23H,2H2,1H3,(H,25,28)(H,26,29). The SMILES string of the molecule is CCc1c(C(=O)NNC(=O)c2c[nH]c3ccccc23)cnn1-c1ccc(F)cc1. The van der Waals surface area contributed by atoms with Crippen LogP contribution in [0.25, 0.3) is 16.6 Å². The number of halogens is 1. The van der Waals surface area contributed by atoms with Crippen LogP contribution >= 0.6 is 0 Å². The molecule has 4 rings (SSSR count). The van der Waals surface area contributed by atoms with Crippen LogP contribution in [0.15, 0.2) is 60.9 Å². The van der Waals surface area contributed by atoms with E-state index in [9.17, 15) is 14.0 Å². The van der Waals surface area contributed by atoms with E-state index in [-0.39, 0.29) is 5.82 Å². The van der Waals surface area contributed by atoms with Crippen LogP contribution in [0.5, 0.6) is 0 Å². The topological polar surface area (TPSA) is 91.8 Å². The minimum Gasteiger partial charge on any atom is -0.360 e. The van der Waals surface area contributed by atoms with Gasteiger partial charge in [0.1, 0.15) is 5.82 Å². The van der Waals surface area contributed by atoms with Gasteiger partial charge in [-0.1, -0.05) is 25.1 Å². The van der Waals surface area contributed by atoms with Gasteiger partial charge in [0.15, 0.2) is 0 Å². The molecule has 0 fully saturated rings. The Morgan fingerprint density at radius 2 is 1.72 bits per heavy atom. The minimum absolute atomic E-state index is 0.330. The van der Waals surface area contributed by atoms with Crippen LogP contribution in [-0.2, 0) is 6.42 Å². The van der Waals surface area contributed by atoms with Crippen molar-refractivity contribution in [3.05, 3.63) is 83.6 Å². The summed E-state index contributed by atoms with van der Waals surface area (Å²) in [6.07, 6.45) is 3.54. The number of hydrazine groups is 1. The van der Waals surface area contributed by atoms with Gasteiger partial charge in [-0.05, 0) is 36.8 Å². The molecule has 0 bridgehead atoms. The normalized spacial score (nSPS) is 10.8. The van der Waals surface area contributed by atoms with Crippen molar-refractivity contribution in [1.29, 1.82) is 0 Å². The van der Waals surface area contributed by atoms with Gasteiger partial charge in [-0.2, -0.15) is 5.10 Å². The second kappa shape index (κ2) is 7.59. The Kier molecular flexibility index (Phi) is 4.82. The molecule has 7 nitrogen and oxygen atoms in total. The summed E-state index contributed by atoms with van der Waals surface area (Å²) in [7, 11) is 0. The van der Waals surface area contributed by atoms with E-state index in [2.05, 4.69) is 20.9 Å². The number of H-pyrrole nitrogens is 1. The van der Waals surface area contributed by atoms with E-state index in [0.717, 1.165) is 10.9 Å². The number of hydrogen-bond donors (Lipinski definition) is 3. The number of fused-ring (bicyclic) bond motifs is 1. The van der Waals surface area contributed by atoms with Gasteiger partial charge in [0.05, 0.1) is 28.7 Å². The molecule has 3 N–H and O–H groups in total. The fourth-order valence-corrected chi connectivity index (χ4v) is 3.22. The quantitative estimate of drug-likeness (QED) is 0.467. The Hall–Kier alpha value is -3.94. The lowest BCUT2D eigenvalue weighted by atomic mass is 10.1. The Labute approximate surface area is 165 Å². The van der Waals surface area contributed by atoms with Gasteiger partial charge in [0.25, 0.3) is 11.8 Å². The molecular formula is C21H18FN5O2. The van der Waals surface area contributed by atoms with Gasteiger partial charge >= 0.3 is 0 Å². The molecule has 0 saturated heterocycles. The van der Waals surface area contributed by atoms with Crippen molar-refractivity contribution < 1.29 is 14.0 Å². The summed E-state index contributed by atoms with van der Waals surface area (Å²) < 4.78 is 14.8. The number of aromatic amines is 1. The molecule has 0 aliphatic heterocycles. The number of nitrogens with zero attached hydrogens (tertiary/aromatic N) is 2. The maximum atomic E-state index is 13.2. The highest BCUT2D eigenvalue weighted by molar-refractivity contribution is 6.07. The monoisotopic (exact) mass is 391 g/mol. The predicted molar refractivity (Wildman–Crippen MR) is 106 cm³/mol. The van der Waals surface area contributed by atoms with E-state index in [1.54, 1.807) is 23.0 Å². The second-order valence-electron chi connectivity index (χ2n) is 6.40. The highest BCUT2D eigenvalue weighted by Crippen LogP contribution is 2.18. The molecule has 2 amide bonds. The lowest BCUT2D eigenvalue weighted by Gasteiger charge is -2.09. The Balaban J connectivity index is 1.51. The van der Waals surface area contributed by atoms with Crippen LogP contribution < -0.4 is 10.9 Å². The first kappa shape index (κ1) is 18.4. The molecule has 4 aromatic rings. The average molecular weight is 391 g/mol. The molecule has 0 spiro atoms. The van der Waals surface area contributed by atoms with Crippen LogP contribution in [0.2, 0.25) is 0 Å². The van der Waals surface area contributed by atoms with Crippen LogP contribution in [0, 0.1) is 5.82 Å². The highest BCUT2D eigenvalue weighted by atomic mass is 19.1. The Bertz CT molecular complexity index is 1190. The average Bonchev–Trinajstić information content (AvgIpc) is 3.36. The molecule has 0 aliphatic rings. The molecular weight excluding hydrogens is 373 g/mol. The number of amides is 2. The van der Waals surface area contributed by atoms with Gasteiger partial charge in [-0.25, -0.2) is 9.07 Å². The number of aromatic nitrogens is 3. The molecule has 0 radical (unpaired) electrons. The highest BCUT2D eigenvalue weighted by Gasteiger charge is 2.19. The number of rotatable bonds is 4. The number of nitrogens with one attached hydrogen (secondary N) is 3. The summed E-state index contributed by atoms with van der Waals surface area (Å²) in [5.74, 6) is -1.26. The third-order valence-corrected chi connectivity index (χ3v) is 4.64. The molecule has 2 heterocycles. The number of carbonyl (C=O) groups excluding carboxylic acids is 2. The minimum atomic E-state index is -0.483. The first-order valence-corrected chi connectivity index (χ1v) is 9.08. The van der Waals surface area contributed by atoms with Gasteiger partial charge < -0.3 is 4.98 Å². The largest absolute Gasteiger partial charge is 0.360 e. The summed E-state index contributed by atoms with van der Waals surface area (Å²) in [5.41, 5.74) is 7.76. The van der Waals surface area contributed by atoms with Crippen LogP contribution in [0.3, 0.4) is 0 Å². The summed E-state index contributed by atoms with van der Waals surface area (Å²) in [4.78, 5) is 28.1. The smallest absolute Gasteiger partial charge is 0.273 e. The maximum Gasteiger partial charge on any atom is 0.273 e. The Morgan fingerprint density at radius 3 is 2.45 bits per heavy atom. The molecule has 0 atom stereocenters. The van der Waals surface area contributed by atoms with Crippen molar-refractivity contribution in [1.82, 2.24) is 25.6 Å². The van der Waals surface area contributed by atoms with Crippen LogP contribution in [0.4, 0.5) is 4.39 Å². The third-order valence-electron chi connectivity index (χ3n) is 4.64. The molecule has 2 aromatic carbocycles.